The molecule has 0 atom stereocenters. The molecule has 0 bridgehead atoms. The molecule has 0 aliphatic heterocycles. The minimum absolute atomic E-state index is 0.245. The van der Waals surface area contributed by atoms with E-state index in [0.717, 1.165) is 57.0 Å². The van der Waals surface area contributed by atoms with Crippen molar-refractivity contribution in [2.45, 2.75) is 59.3 Å². The molecule has 0 aliphatic rings. The van der Waals surface area contributed by atoms with Gasteiger partial charge >= 0.3 is 0 Å². The van der Waals surface area contributed by atoms with Crippen molar-refractivity contribution in [3.05, 3.63) is 11.9 Å². The summed E-state index contributed by atoms with van der Waals surface area (Å²) in [4.78, 5) is 0. The highest BCUT2D eigenvalue weighted by atomic mass is 31.2. The Morgan fingerprint density at radius 2 is 1.24 bits per heavy atom. The topological polar surface area (TPSA) is 0 Å². The van der Waals surface area contributed by atoms with Crippen molar-refractivity contribution in [2.75, 3.05) is 18.5 Å². The van der Waals surface area contributed by atoms with Crippen LogP contribution < -0.4 is 0 Å². The number of hydrogen-bond acceptors (Lipinski definition) is 0. The van der Waals surface area contributed by atoms with Crippen LogP contribution in [-0.4, -0.2) is 18.5 Å². The van der Waals surface area contributed by atoms with Crippen molar-refractivity contribution in [1.82, 2.24) is 0 Å². The van der Waals surface area contributed by atoms with Crippen LogP contribution in [0.2, 0.25) is 0 Å². The Morgan fingerprint density at radius 1 is 0.882 bits per heavy atom. The lowest BCUT2D eigenvalue weighted by Crippen LogP contribution is -2.09. The lowest BCUT2D eigenvalue weighted by Gasteiger charge is -2.24. The van der Waals surface area contributed by atoms with E-state index in [1.54, 1.807) is 0 Å². The van der Waals surface area contributed by atoms with E-state index in [1.807, 2.05) is 0 Å². The molecule has 102 valence electrons. The molecule has 0 saturated heterocycles. The molecular formula is C14H28F2P+. The molecule has 0 aromatic carbocycles. The first kappa shape index (κ1) is 17.0. The summed E-state index contributed by atoms with van der Waals surface area (Å²) in [5, 5.41) is 0. The van der Waals surface area contributed by atoms with Crippen LogP contribution in [0.25, 0.3) is 0 Å². The first-order valence-electron chi connectivity index (χ1n) is 6.99. The predicted molar refractivity (Wildman–Crippen MR) is 76.5 cm³/mol. The van der Waals surface area contributed by atoms with E-state index in [2.05, 4.69) is 20.8 Å². The zero-order chi connectivity index (χ0) is 13.1. The Bertz CT molecular complexity index is 192. The van der Waals surface area contributed by atoms with Crippen molar-refractivity contribution in [3.63, 3.8) is 0 Å². The zero-order valence-corrected chi connectivity index (χ0v) is 12.5. The van der Waals surface area contributed by atoms with E-state index in [1.165, 1.54) is 0 Å². The first-order chi connectivity index (χ1) is 8.16. The van der Waals surface area contributed by atoms with Gasteiger partial charge in [0.05, 0.1) is 25.7 Å². The Kier molecular flexibility index (Phi) is 10.0. The summed E-state index contributed by atoms with van der Waals surface area (Å²) in [5.41, 5.74) is -0.409. The molecule has 0 unspecified atom stereocenters. The monoisotopic (exact) mass is 265 g/mol. The minimum atomic E-state index is -1.82. The molecule has 0 N–H and O–H groups in total. The van der Waals surface area contributed by atoms with Crippen LogP contribution in [0.3, 0.4) is 0 Å². The van der Waals surface area contributed by atoms with Crippen molar-refractivity contribution >= 4 is 7.26 Å². The second kappa shape index (κ2) is 10.00. The molecule has 0 aliphatic carbocycles. The van der Waals surface area contributed by atoms with Crippen molar-refractivity contribution in [2.24, 2.45) is 0 Å². The van der Waals surface area contributed by atoms with Gasteiger partial charge in [0, 0.05) is 0 Å². The Balaban J connectivity index is 4.77. The fourth-order valence-corrected chi connectivity index (χ4v) is 6.43. The van der Waals surface area contributed by atoms with Gasteiger partial charge in [0.1, 0.15) is 0 Å². The van der Waals surface area contributed by atoms with Gasteiger partial charge in [-0.2, -0.15) is 4.39 Å². The van der Waals surface area contributed by atoms with Crippen LogP contribution in [0.15, 0.2) is 11.9 Å². The van der Waals surface area contributed by atoms with E-state index < -0.39 is 12.8 Å². The molecule has 0 fully saturated rings. The van der Waals surface area contributed by atoms with E-state index >= 15 is 0 Å². The van der Waals surface area contributed by atoms with Crippen LogP contribution in [0.4, 0.5) is 8.78 Å². The molecule has 0 heterocycles. The van der Waals surface area contributed by atoms with Gasteiger partial charge in [-0.05, 0) is 19.3 Å². The summed E-state index contributed by atoms with van der Waals surface area (Å²) in [6.07, 6.45) is 9.24. The summed E-state index contributed by atoms with van der Waals surface area (Å²) in [5.74, 6) is 0. The minimum Gasteiger partial charge on any atom is -0.208 e. The fourth-order valence-electron chi connectivity index (χ4n) is 2.14. The van der Waals surface area contributed by atoms with Crippen LogP contribution in [0.5, 0.6) is 0 Å². The molecule has 0 aromatic heterocycles. The standard InChI is InChI=1S/C14H28F2P/c1-4-7-10-17(11-8-5-2,12-9-6-3)14(16)13-15/h13H,4-12H2,1-3H3/q+1. The van der Waals surface area contributed by atoms with Crippen molar-refractivity contribution in [1.29, 1.82) is 0 Å². The Morgan fingerprint density at radius 3 is 1.47 bits per heavy atom. The smallest absolute Gasteiger partial charge is 0.208 e. The SMILES string of the molecule is CCCC[P+](CCCC)(CCCC)C(F)=CF. The molecule has 0 saturated carbocycles. The summed E-state index contributed by atoms with van der Waals surface area (Å²) < 4.78 is 26.6. The maximum absolute atomic E-state index is 14.0. The number of halogens is 2. The van der Waals surface area contributed by atoms with Gasteiger partial charge < -0.3 is 0 Å². The quantitative estimate of drug-likeness (QED) is 0.416. The largest absolute Gasteiger partial charge is 0.265 e. The maximum Gasteiger partial charge on any atom is 0.265 e. The number of rotatable bonds is 10. The van der Waals surface area contributed by atoms with E-state index in [4.69, 9.17) is 0 Å². The second-order valence-electron chi connectivity index (χ2n) is 4.81. The van der Waals surface area contributed by atoms with Gasteiger partial charge in [0.2, 0.25) is 0 Å². The molecule has 17 heavy (non-hydrogen) atoms. The van der Waals surface area contributed by atoms with Gasteiger partial charge in [-0.25, -0.2) is 4.39 Å². The summed E-state index contributed by atoms with van der Waals surface area (Å²) >= 11 is 0. The van der Waals surface area contributed by atoms with Crippen LogP contribution in [-0.2, 0) is 0 Å². The van der Waals surface area contributed by atoms with E-state index in [0.29, 0.717) is 0 Å². The normalized spacial score (nSPS) is 13.1. The number of hydrogen-bond donors (Lipinski definition) is 0. The molecule has 0 aromatic rings. The molecule has 0 radical (unpaired) electrons. The molecule has 3 heteroatoms. The lowest BCUT2D eigenvalue weighted by molar-refractivity contribution is 0.620. The first-order valence-corrected chi connectivity index (χ1v) is 9.33. The molecule has 0 nitrogen and oxygen atoms in total. The predicted octanol–water partition coefficient (Wildman–Crippen LogP) is 6.14. The maximum atomic E-state index is 14.0. The third-order valence-corrected chi connectivity index (χ3v) is 7.88. The van der Waals surface area contributed by atoms with Gasteiger partial charge in [0.15, 0.2) is 6.33 Å². The second-order valence-corrected chi connectivity index (χ2v) is 8.87. The molecule has 0 spiro atoms. The van der Waals surface area contributed by atoms with Crippen molar-refractivity contribution in [3.8, 4) is 0 Å². The average molecular weight is 265 g/mol. The number of unbranched alkanes of at least 4 members (excludes halogenated alkanes) is 3. The van der Waals surface area contributed by atoms with Gasteiger partial charge in [-0.15, -0.1) is 0 Å². The highest BCUT2D eigenvalue weighted by Crippen LogP contribution is 2.67. The third-order valence-electron chi connectivity index (χ3n) is 3.36. The zero-order valence-electron chi connectivity index (χ0n) is 11.6. The van der Waals surface area contributed by atoms with E-state index in [9.17, 15) is 8.78 Å². The van der Waals surface area contributed by atoms with E-state index in [-0.39, 0.29) is 6.33 Å². The van der Waals surface area contributed by atoms with Crippen LogP contribution >= 0.6 is 7.26 Å². The van der Waals surface area contributed by atoms with Gasteiger partial charge in [-0.1, -0.05) is 40.0 Å². The highest BCUT2D eigenvalue weighted by molar-refractivity contribution is 7.79. The Hall–Kier alpha value is 0.0300. The van der Waals surface area contributed by atoms with Crippen LogP contribution in [0, 0.1) is 0 Å². The summed E-state index contributed by atoms with van der Waals surface area (Å²) in [6, 6.07) is 0. The van der Waals surface area contributed by atoms with Crippen LogP contribution in [0.1, 0.15) is 59.3 Å². The molecular weight excluding hydrogens is 237 g/mol. The highest BCUT2D eigenvalue weighted by Gasteiger charge is 2.41. The molecule has 0 amide bonds. The fraction of sp³-hybridized carbons (Fsp3) is 0.857. The molecule has 0 rings (SSSR count). The van der Waals surface area contributed by atoms with Gasteiger partial charge in [-0.3, -0.25) is 0 Å². The summed E-state index contributed by atoms with van der Waals surface area (Å²) in [6.45, 7) is 6.35. The Labute approximate surface area is 106 Å². The lowest BCUT2D eigenvalue weighted by atomic mass is 10.4. The van der Waals surface area contributed by atoms with Crippen molar-refractivity contribution < 1.29 is 8.78 Å². The average Bonchev–Trinajstić information content (AvgIpc) is 2.37. The summed E-state index contributed by atoms with van der Waals surface area (Å²) in [7, 11) is -1.82. The third kappa shape index (κ3) is 5.95. The van der Waals surface area contributed by atoms with Gasteiger partial charge in [0.25, 0.3) is 5.57 Å².